The lowest BCUT2D eigenvalue weighted by atomic mass is 9.81. The number of phenolic OH excluding ortho intramolecular Hbond substituents is 1. The van der Waals surface area contributed by atoms with E-state index in [-0.39, 0.29) is 18.1 Å². The van der Waals surface area contributed by atoms with Crippen LogP contribution in [0.4, 0.5) is 16.2 Å². The van der Waals surface area contributed by atoms with E-state index < -0.39 is 17.6 Å². The number of hydrogen-bond donors (Lipinski definition) is 3. The molecule has 2 aromatic carbocycles. The number of nitrogens with one attached hydrogen (secondary N) is 2. The maximum absolute atomic E-state index is 12.2. The van der Waals surface area contributed by atoms with Gasteiger partial charge >= 0.3 is 12.0 Å². The minimum absolute atomic E-state index is 0.0126. The minimum Gasteiger partial charge on any atom is -0.508 e. The van der Waals surface area contributed by atoms with E-state index in [0.717, 1.165) is 0 Å². The second-order valence-corrected chi connectivity index (χ2v) is 7.33. The Hall–Kier alpha value is -2.73. The Morgan fingerprint density at radius 2 is 1.88 bits per heavy atom. The molecule has 0 aromatic heterocycles. The number of esters is 1. The van der Waals surface area contributed by atoms with Crippen molar-refractivity contribution in [3.63, 3.8) is 0 Å². The van der Waals surface area contributed by atoms with Crippen LogP contribution in [0.3, 0.4) is 0 Å². The van der Waals surface area contributed by atoms with Crippen LogP contribution in [0, 0.1) is 5.41 Å². The molecule has 0 bridgehead atoms. The number of carbonyl (C=O) groups is 2. The summed E-state index contributed by atoms with van der Waals surface area (Å²) in [7, 11) is 0. The van der Waals surface area contributed by atoms with Crippen LogP contribution in [0.1, 0.15) is 31.9 Å². The first-order valence-corrected chi connectivity index (χ1v) is 8.48. The SMILES string of the molecule is CC1(C)CC(=O)OC1c1cc(NC(=O)Nc2cccc(Cl)c2)ccc1O. The smallest absolute Gasteiger partial charge is 0.323 e. The highest BCUT2D eigenvalue weighted by Gasteiger charge is 2.43. The topological polar surface area (TPSA) is 87.7 Å². The molecule has 0 spiro atoms. The van der Waals surface area contributed by atoms with Crippen LogP contribution < -0.4 is 10.6 Å². The van der Waals surface area contributed by atoms with Crippen LogP contribution in [0.5, 0.6) is 5.75 Å². The molecule has 0 aliphatic carbocycles. The van der Waals surface area contributed by atoms with Gasteiger partial charge < -0.3 is 20.5 Å². The maximum Gasteiger partial charge on any atom is 0.323 e. The molecule has 1 atom stereocenters. The Kier molecular flexibility index (Phi) is 4.78. The molecule has 3 N–H and O–H groups in total. The van der Waals surface area contributed by atoms with Gasteiger partial charge in [-0.05, 0) is 36.4 Å². The van der Waals surface area contributed by atoms with Gasteiger partial charge in [0, 0.05) is 27.4 Å². The number of amides is 2. The number of rotatable bonds is 3. The molecule has 2 aromatic rings. The van der Waals surface area contributed by atoms with Crippen LogP contribution in [0.2, 0.25) is 5.02 Å². The molecule has 3 rings (SSSR count). The summed E-state index contributed by atoms with van der Waals surface area (Å²) >= 11 is 5.90. The predicted octanol–water partition coefficient (Wildman–Crippen LogP) is 4.70. The normalized spacial score (nSPS) is 18.3. The Balaban J connectivity index is 1.77. The number of carbonyl (C=O) groups excluding carboxylic acids is 2. The Bertz CT molecular complexity index is 866. The van der Waals surface area contributed by atoms with E-state index in [1.165, 1.54) is 6.07 Å². The van der Waals surface area contributed by atoms with Gasteiger partial charge in [0.1, 0.15) is 11.9 Å². The summed E-state index contributed by atoms with van der Waals surface area (Å²) < 4.78 is 5.37. The highest BCUT2D eigenvalue weighted by Crippen LogP contribution is 2.48. The van der Waals surface area contributed by atoms with Crippen molar-refractivity contribution in [3.8, 4) is 5.75 Å². The van der Waals surface area contributed by atoms with E-state index in [4.69, 9.17) is 16.3 Å². The van der Waals surface area contributed by atoms with E-state index in [0.29, 0.717) is 22.0 Å². The van der Waals surface area contributed by atoms with Gasteiger partial charge in [0.15, 0.2) is 0 Å². The van der Waals surface area contributed by atoms with Crippen molar-refractivity contribution in [2.75, 3.05) is 10.6 Å². The standard InChI is InChI=1S/C19H19ClN2O4/c1-19(2)10-16(24)26-17(19)14-9-13(6-7-15(14)23)22-18(25)21-12-5-3-4-11(20)8-12/h3-9,17,23H,10H2,1-2H3,(H2,21,22,25). The number of urea groups is 1. The van der Waals surface area contributed by atoms with Crippen LogP contribution in [0.15, 0.2) is 42.5 Å². The summed E-state index contributed by atoms with van der Waals surface area (Å²) in [5.41, 5.74) is 1.04. The number of benzene rings is 2. The fourth-order valence-corrected chi connectivity index (χ4v) is 3.17. The lowest BCUT2D eigenvalue weighted by molar-refractivity contribution is -0.142. The van der Waals surface area contributed by atoms with Crippen LogP contribution in [-0.4, -0.2) is 17.1 Å². The van der Waals surface area contributed by atoms with Gasteiger partial charge in [0.05, 0.1) is 6.42 Å². The summed E-state index contributed by atoms with van der Waals surface area (Å²) in [4.78, 5) is 23.8. The van der Waals surface area contributed by atoms with Crippen molar-refractivity contribution in [1.29, 1.82) is 0 Å². The third-order valence-corrected chi connectivity index (χ3v) is 4.44. The van der Waals surface area contributed by atoms with E-state index in [1.54, 1.807) is 36.4 Å². The zero-order chi connectivity index (χ0) is 18.9. The molecular formula is C19H19ClN2O4. The summed E-state index contributed by atoms with van der Waals surface area (Å²) in [6.07, 6.45) is -0.308. The van der Waals surface area contributed by atoms with E-state index in [1.807, 2.05) is 13.8 Å². The molecule has 1 aliphatic rings. The zero-order valence-electron chi connectivity index (χ0n) is 14.4. The van der Waals surface area contributed by atoms with Crippen LogP contribution in [-0.2, 0) is 9.53 Å². The highest BCUT2D eigenvalue weighted by atomic mass is 35.5. The van der Waals surface area contributed by atoms with Crippen molar-refractivity contribution in [2.45, 2.75) is 26.4 Å². The largest absolute Gasteiger partial charge is 0.508 e. The average Bonchev–Trinajstić information content (AvgIpc) is 2.81. The molecule has 1 unspecified atom stereocenters. The second kappa shape index (κ2) is 6.88. The van der Waals surface area contributed by atoms with E-state index in [2.05, 4.69) is 10.6 Å². The highest BCUT2D eigenvalue weighted by molar-refractivity contribution is 6.30. The van der Waals surface area contributed by atoms with Crippen LogP contribution in [0.25, 0.3) is 0 Å². The lowest BCUT2D eigenvalue weighted by Gasteiger charge is -2.25. The third kappa shape index (κ3) is 3.91. The number of aromatic hydroxyl groups is 1. The number of halogens is 1. The van der Waals surface area contributed by atoms with Crippen molar-refractivity contribution in [1.82, 2.24) is 0 Å². The van der Waals surface area contributed by atoms with E-state index in [9.17, 15) is 14.7 Å². The van der Waals surface area contributed by atoms with Gasteiger partial charge in [0.25, 0.3) is 0 Å². The summed E-state index contributed by atoms with van der Waals surface area (Å²) in [6.45, 7) is 3.79. The summed E-state index contributed by atoms with van der Waals surface area (Å²) in [5, 5.41) is 16.1. The molecule has 1 fully saturated rings. The summed E-state index contributed by atoms with van der Waals surface area (Å²) in [5.74, 6) is -0.296. The first-order valence-electron chi connectivity index (χ1n) is 8.10. The molecule has 6 nitrogen and oxygen atoms in total. The number of hydrogen-bond acceptors (Lipinski definition) is 4. The van der Waals surface area contributed by atoms with Crippen molar-refractivity contribution in [3.05, 3.63) is 53.1 Å². The van der Waals surface area contributed by atoms with Crippen molar-refractivity contribution in [2.24, 2.45) is 5.41 Å². The van der Waals surface area contributed by atoms with Gasteiger partial charge in [0.2, 0.25) is 0 Å². The van der Waals surface area contributed by atoms with Crippen molar-refractivity contribution >= 4 is 35.0 Å². The van der Waals surface area contributed by atoms with Crippen LogP contribution >= 0.6 is 11.6 Å². The molecule has 1 aliphatic heterocycles. The van der Waals surface area contributed by atoms with E-state index >= 15 is 0 Å². The number of cyclic esters (lactones) is 1. The maximum atomic E-state index is 12.2. The zero-order valence-corrected chi connectivity index (χ0v) is 15.1. The van der Waals surface area contributed by atoms with Gasteiger partial charge in [-0.25, -0.2) is 4.79 Å². The third-order valence-electron chi connectivity index (χ3n) is 4.21. The summed E-state index contributed by atoms with van der Waals surface area (Å²) in [6, 6.07) is 11.0. The molecule has 1 heterocycles. The van der Waals surface area contributed by atoms with Gasteiger partial charge in [-0.3, -0.25) is 4.79 Å². The Morgan fingerprint density at radius 1 is 1.19 bits per heavy atom. The first kappa shape index (κ1) is 18.1. The quantitative estimate of drug-likeness (QED) is 0.536. The second-order valence-electron chi connectivity index (χ2n) is 6.90. The Labute approximate surface area is 156 Å². The molecule has 136 valence electrons. The predicted molar refractivity (Wildman–Crippen MR) is 99.4 cm³/mol. The number of anilines is 2. The van der Waals surface area contributed by atoms with Gasteiger partial charge in [-0.15, -0.1) is 0 Å². The molecule has 7 heteroatoms. The molecule has 1 saturated heterocycles. The fourth-order valence-electron chi connectivity index (χ4n) is 2.98. The van der Waals surface area contributed by atoms with Gasteiger partial charge in [-0.2, -0.15) is 0 Å². The minimum atomic E-state index is -0.576. The monoisotopic (exact) mass is 374 g/mol. The van der Waals surface area contributed by atoms with Crippen molar-refractivity contribution < 1.29 is 19.4 Å². The molecule has 26 heavy (non-hydrogen) atoms. The first-order chi connectivity index (χ1) is 12.2. The lowest BCUT2D eigenvalue weighted by Crippen LogP contribution is -2.20. The average molecular weight is 375 g/mol. The fraction of sp³-hybridized carbons (Fsp3) is 0.263. The Morgan fingerprint density at radius 3 is 2.50 bits per heavy atom. The number of ether oxygens (including phenoxy) is 1. The number of phenols is 1. The van der Waals surface area contributed by atoms with Gasteiger partial charge in [-0.1, -0.05) is 31.5 Å². The molecule has 2 amide bonds. The molecular weight excluding hydrogens is 356 g/mol. The molecule has 0 saturated carbocycles. The molecule has 0 radical (unpaired) electrons.